The summed E-state index contributed by atoms with van der Waals surface area (Å²) >= 11 is 0. The number of unbranched alkanes of at least 4 members (excludes halogenated alkanes) is 3. The van der Waals surface area contributed by atoms with Crippen LogP contribution in [-0.2, 0) is 0 Å². The molecule has 1 spiro atoms. The molecule has 2 fully saturated rings. The first kappa shape index (κ1) is 9.47. The van der Waals surface area contributed by atoms with Crippen LogP contribution in [0, 0.1) is 5.41 Å². The number of hydrogen-bond donors (Lipinski definition) is 1. The van der Waals surface area contributed by atoms with Crippen LogP contribution in [0.2, 0.25) is 0 Å². The van der Waals surface area contributed by atoms with Gasteiger partial charge in [0.1, 0.15) is 0 Å². The van der Waals surface area contributed by atoms with E-state index in [9.17, 15) is 0 Å². The van der Waals surface area contributed by atoms with Crippen molar-refractivity contribution in [3.8, 4) is 0 Å². The first-order chi connectivity index (χ1) is 6.35. The summed E-state index contributed by atoms with van der Waals surface area (Å²) in [7, 11) is 0. The van der Waals surface area contributed by atoms with Gasteiger partial charge < -0.3 is 10.2 Å². The molecule has 2 heteroatoms. The van der Waals surface area contributed by atoms with Gasteiger partial charge in [0.25, 0.3) is 0 Å². The molecule has 0 amide bonds. The van der Waals surface area contributed by atoms with Crippen molar-refractivity contribution >= 4 is 0 Å². The van der Waals surface area contributed by atoms with Crippen LogP contribution in [-0.4, -0.2) is 37.6 Å². The third kappa shape index (κ3) is 2.05. The lowest BCUT2D eigenvalue weighted by atomic mass is 9.74. The molecule has 2 aliphatic rings. The largest absolute Gasteiger partial charge is 0.315 e. The highest BCUT2D eigenvalue weighted by Crippen LogP contribution is 2.33. The van der Waals surface area contributed by atoms with E-state index < -0.39 is 0 Å². The lowest BCUT2D eigenvalue weighted by molar-refractivity contribution is -0.0397. The Morgan fingerprint density at radius 3 is 2.46 bits per heavy atom. The monoisotopic (exact) mass is 182 g/mol. The van der Waals surface area contributed by atoms with Crippen LogP contribution >= 0.6 is 0 Å². The van der Waals surface area contributed by atoms with Crippen molar-refractivity contribution in [2.24, 2.45) is 5.41 Å². The second-order valence-corrected chi connectivity index (χ2v) is 4.87. The minimum atomic E-state index is 0.727. The Bertz CT molecular complexity index is 155. The van der Waals surface area contributed by atoms with Crippen molar-refractivity contribution in [2.45, 2.75) is 32.6 Å². The first-order valence-electron chi connectivity index (χ1n) is 5.78. The molecule has 0 aromatic carbocycles. The van der Waals surface area contributed by atoms with Crippen LogP contribution in [0.3, 0.4) is 0 Å². The van der Waals surface area contributed by atoms with Gasteiger partial charge in [-0.3, -0.25) is 0 Å². The molecule has 0 aromatic heterocycles. The standard InChI is InChI=1S/C11H22N2/c1-2-3-4-5-6-13-9-11(10-13)7-12-8-11/h12H,2-10H2,1H3. The molecule has 0 aliphatic carbocycles. The Labute approximate surface area is 81.7 Å². The van der Waals surface area contributed by atoms with Crippen LogP contribution in [0.25, 0.3) is 0 Å². The fourth-order valence-electron chi connectivity index (χ4n) is 2.52. The third-order valence-corrected chi connectivity index (χ3v) is 3.45. The Balaban J connectivity index is 1.49. The van der Waals surface area contributed by atoms with Crippen LogP contribution in [0.15, 0.2) is 0 Å². The second kappa shape index (κ2) is 3.97. The van der Waals surface area contributed by atoms with Crippen LogP contribution in [0.5, 0.6) is 0 Å². The molecule has 2 rings (SSSR count). The number of rotatable bonds is 5. The summed E-state index contributed by atoms with van der Waals surface area (Å²) in [4.78, 5) is 2.62. The molecule has 0 aromatic rings. The van der Waals surface area contributed by atoms with Gasteiger partial charge in [0.05, 0.1) is 0 Å². The summed E-state index contributed by atoms with van der Waals surface area (Å²) in [5, 5.41) is 3.37. The maximum absolute atomic E-state index is 3.37. The van der Waals surface area contributed by atoms with Gasteiger partial charge >= 0.3 is 0 Å². The first-order valence-corrected chi connectivity index (χ1v) is 5.78. The van der Waals surface area contributed by atoms with Crippen molar-refractivity contribution in [1.82, 2.24) is 10.2 Å². The van der Waals surface area contributed by atoms with Gasteiger partial charge in [-0.1, -0.05) is 26.2 Å². The molecule has 0 unspecified atom stereocenters. The van der Waals surface area contributed by atoms with Gasteiger partial charge in [-0.15, -0.1) is 0 Å². The quantitative estimate of drug-likeness (QED) is 0.648. The third-order valence-electron chi connectivity index (χ3n) is 3.45. The highest BCUT2D eigenvalue weighted by atomic mass is 15.3. The number of nitrogens with zero attached hydrogens (tertiary/aromatic N) is 1. The fourth-order valence-corrected chi connectivity index (χ4v) is 2.52. The fraction of sp³-hybridized carbons (Fsp3) is 1.00. The molecular formula is C11H22N2. The zero-order valence-corrected chi connectivity index (χ0v) is 8.81. The van der Waals surface area contributed by atoms with E-state index in [1.807, 2.05) is 0 Å². The Morgan fingerprint density at radius 1 is 1.15 bits per heavy atom. The van der Waals surface area contributed by atoms with Gasteiger partial charge in [-0.25, -0.2) is 0 Å². The molecule has 2 aliphatic heterocycles. The van der Waals surface area contributed by atoms with Crippen molar-refractivity contribution in [2.75, 3.05) is 32.7 Å². The smallest absolute Gasteiger partial charge is 0.0207 e. The Kier molecular flexibility index (Phi) is 2.89. The highest BCUT2D eigenvalue weighted by Gasteiger charge is 2.46. The normalized spacial score (nSPS) is 25.6. The maximum Gasteiger partial charge on any atom is 0.0207 e. The zero-order chi connectivity index (χ0) is 9.15. The topological polar surface area (TPSA) is 15.3 Å². The molecule has 13 heavy (non-hydrogen) atoms. The Hall–Kier alpha value is -0.0800. The molecule has 2 nitrogen and oxygen atoms in total. The molecular weight excluding hydrogens is 160 g/mol. The molecule has 76 valence electrons. The zero-order valence-electron chi connectivity index (χ0n) is 8.81. The Morgan fingerprint density at radius 2 is 1.92 bits per heavy atom. The highest BCUT2D eigenvalue weighted by molar-refractivity contribution is 5.03. The molecule has 0 atom stereocenters. The molecule has 1 N–H and O–H groups in total. The molecule has 2 saturated heterocycles. The number of nitrogens with one attached hydrogen (secondary N) is 1. The average molecular weight is 182 g/mol. The van der Waals surface area contributed by atoms with E-state index in [4.69, 9.17) is 0 Å². The van der Waals surface area contributed by atoms with Crippen molar-refractivity contribution in [1.29, 1.82) is 0 Å². The summed E-state index contributed by atoms with van der Waals surface area (Å²) < 4.78 is 0. The van der Waals surface area contributed by atoms with E-state index >= 15 is 0 Å². The van der Waals surface area contributed by atoms with Gasteiger partial charge in [-0.2, -0.15) is 0 Å². The maximum atomic E-state index is 3.37. The average Bonchev–Trinajstić information content (AvgIpc) is 1.97. The van der Waals surface area contributed by atoms with E-state index in [0.717, 1.165) is 5.41 Å². The van der Waals surface area contributed by atoms with Crippen molar-refractivity contribution in [3.63, 3.8) is 0 Å². The van der Waals surface area contributed by atoms with E-state index in [1.54, 1.807) is 0 Å². The predicted octanol–water partition coefficient (Wildman–Crippen LogP) is 1.47. The predicted molar refractivity (Wildman–Crippen MR) is 55.9 cm³/mol. The van der Waals surface area contributed by atoms with E-state index in [2.05, 4.69) is 17.1 Å². The summed E-state index contributed by atoms with van der Waals surface area (Å²) in [6.45, 7) is 8.91. The summed E-state index contributed by atoms with van der Waals surface area (Å²) in [6.07, 6.45) is 5.62. The van der Waals surface area contributed by atoms with E-state index in [-0.39, 0.29) is 0 Å². The van der Waals surface area contributed by atoms with Crippen LogP contribution in [0.4, 0.5) is 0 Å². The lowest BCUT2D eigenvalue weighted by Crippen LogP contribution is -2.70. The van der Waals surface area contributed by atoms with Gasteiger partial charge in [0, 0.05) is 31.6 Å². The van der Waals surface area contributed by atoms with Gasteiger partial charge in [-0.05, 0) is 13.0 Å². The van der Waals surface area contributed by atoms with Gasteiger partial charge in [0.2, 0.25) is 0 Å². The summed E-state index contributed by atoms with van der Waals surface area (Å²) in [6, 6.07) is 0. The number of hydrogen-bond acceptors (Lipinski definition) is 2. The molecule has 0 bridgehead atoms. The van der Waals surface area contributed by atoms with E-state index in [1.165, 1.54) is 58.4 Å². The number of likely N-dealkylation sites (tertiary alicyclic amines) is 1. The van der Waals surface area contributed by atoms with Crippen LogP contribution < -0.4 is 5.32 Å². The summed E-state index contributed by atoms with van der Waals surface area (Å²) in [5.74, 6) is 0. The van der Waals surface area contributed by atoms with Crippen LogP contribution in [0.1, 0.15) is 32.6 Å². The minimum Gasteiger partial charge on any atom is -0.315 e. The van der Waals surface area contributed by atoms with Crippen molar-refractivity contribution in [3.05, 3.63) is 0 Å². The van der Waals surface area contributed by atoms with Gasteiger partial charge in [0.15, 0.2) is 0 Å². The SMILES string of the molecule is CCCCCCN1CC2(CNC2)C1. The molecule has 0 saturated carbocycles. The lowest BCUT2D eigenvalue weighted by Gasteiger charge is -2.56. The summed E-state index contributed by atoms with van der Waals surface area (Å²) in [5.41, 5.74) is 0.727. The minimum absolute atomic E-state index is 0.727. The van der Waals surface area contributed by atoms with Crippen molar-refractivity contribution < 1.29 is 0 Å². The molecule has 2 heterocycles. The molecule has 0 radical (unpaired) electrons. The van der Waals surface area contributed by atoms with E-state index in [0.29, 0.717) is 0 Å². The second-order valence-electron chi connectivity index (χ2n) is 4.87.